The second kappa shape index (κ2) is 15.6. The molecule has 1 saturated heterocycles. The van der Waals surface area contributed by atoms with Crippen molar-refractivity contribution < 1.29 is 19.0 Å². The van der Waals surface area contributed by atoms with E-state index in [1.54, 1.807) is 37.4 Å². The molecule has 2 aromatic carbocycles. The SMILES string of the molecule is C=C(CN1CCC(c2cccc(OCc3ccc(Cl)cc3F)n2)CC1)N(CC/C(C=NC)=C/C)c1cc(C(=O)O)ccc1C. The molecule has 0 atom stereocenters. The maximum Gasteiger partial charge on any atom is 0.335 e. The molecule has 3 aromatic rings. The lowest BCUT2D eigenvalue weighted by molar-refractivity contribution is 0.0697. The van der Waals surface area contributed by atoms with Gasteiger partial charge in [0.05, 0.1) is 5.56 Å². The van der Waals surface area contributed by atoms with Crippen molar-refractivity contribution >= 4 is 29.5 Å². The molecule has 232 valence electrons. The van der Waals surface area contributed by atoms with E-state index in [0.29, 0.717) is 29.6 Å². The van der Waals surface area contributed by atoms with Crippen molar-refractivity contribution in [2.45, 2.75) is 45.6 Å². The minimum atomic E-state index is -0.952. The second-order valence-electron chi connectivity index (χ2n) is 11.0. The topological polar surface area (TPSA) is 78.3 Å². The van der Waals surface area contributed by atoms with Crippen molar-refractivity contribution in [1.82, 2.24) is 9.88 Å². The van der Waals surface area contributed by atoms with Gasteiger partial charge in [-0.15, -0.1) is 0 Å². The summed E-state index contributed by atoms with van der Waals surface area (Å²) in [6.45, 7) is 11.6. The maximum atomic E-state index is 14.2. The molecule has 0 saturated carbocycles. The van der Waals surface area contributed by atoms with Gasteiger partial charge in [-0.05, 0) is 87.7 Å². The molecule has 0 spiro atoms. The summed E-state index contributed by atoms with van der Waals surface area (Å²) < 4.78 is 20.0. The molecule has 0 radical (unpaired) electrons. The Balaban J connectivity index is 1.40. The summed E-state index contributed by atoms with van der Waals surface area (Å²) in [7, 11) is 1.76. The number of halogens is 2. The molecule has 1 aliphatic rings. The second-order valence-corrected chi connectivity index (χ2v) is 11.4. The summed E-state index contributed by atoms with van der Waals surface area (Å²) in [4.78, 5) is 25.2. The Kier molecular flexibility index (Phi) is 11.7. The molecule has 1 aliphatic heterocycles. The predicted octanol–water partition coefficient (Wildman–Crippen LogP) is 7.70. The third-order valence-electron chi connectivity index (χ3n) is 7.97. The number of ether oxygens (including phenoxy) is 1. The Bertz CT molecular complexity index is 1530. The van der Waals surface area contributed by atoms with Crippen LogP contribution in [0.4, 0.5) is 10.1 Å². The molecule has 1 aromatic heterocycles. The van der Waals surface area contributed by atoms with Crippen LogP contribution in [0.1, 0.15) is 59.3 Å². The van der Waals surface area contributed by atoms with Gasteiger partial charge in [0.15, 0.2) is 0 Å². The zero-order valence-electron chi connectivity index (χ0n) is 25.6. The Morgan fingerprint density at radius 1 is 1.23 bits per heavy atom. The average molecular weight is 619 g/mol. The van der Waals surface area contributed by atoms with Gasteiger partial charge in [-0.2, -0.15) is 0 Å². The number of hydrogen-bond donors (Lipinski definition) is 1. The first-order valence-corrected chi connectivity index (χ1v) is 15.2. The molecule has 0 bridgehead atoms. The highest BCUT2D eigenvalue weighted by molar-refractivity contribution is 6.30. The highest BCUT2D eigenvalue weighted by atomic mass is 35.5. The van der Waals surface area contributed by atoms with Crippen molar-refractivity contribution in [3.63, 3.8) is 0 Å². The van der Waals surface area contributed by atoms with E-state index in [1.165, 1.54) is 6.07 Å². The Labute approximate surface area is 264 Å². The first-order chi connectivity index (χ1) is 21.2. The first-order valence-electron chi connectivity index (χ1n) is 14.8. The lowest BCUT2D eigenvalue weighted by atomic mass is 9.93. The highest BCUT2D eigenvalue weighted by Crippen LogP contribution is 2.30. The van der Waals surface area contributed by atoms with Crippen LogP contribution < -0.4 is 9.64 Å². The number of nitrogens with zero attached hydrogens (tertiary/aromatic N) is 4. The van der Waals surface area contributed by atoms with E-state index < -0.39 is 11.8 Å². The van der Waals surface area contributed by atoms with Crippen LogP contribution in [-0.4, -0.2) is 60.4 Å². The van der Waals surface area contributed by atoms with Gasteiger partial charge in [-0.1, -0.05) is 42.5 Å². The van der Waals surface area contributed by atoms with Crippen LogP contribution in [-0.2, 0) is 6.61 Å². The molecule has 0 amide bonds. The molecule has 1 N–H and O–H groups in total. The lowest BCUT2D eigenvalue weighted by Gasteiger charge is -2.36. The summed E-state index contributed by atoms with van der Waals surface area (Å²) in [5, 5.41) is 9.99. The number of anilines is 1. The van der Waals surface area contributed by atoms with Gasteiger partial charge < -0.3 is 14.7 Å². The minimum Gasteiger partial charge on any atom is -0.478 e. The summed E-state index contributed by atoms with van der Waals surface area (Å²) in [6, 6.07) is 15.5. The van der Waals surface area contributed by atoms with Crippen LogP contribution in [0.5, 0.6) is 5.88 Å². The van der Waals surface area contributed by atoms with E-state index in [9.17, 15) is 14.3 Å². The fourth-order valence-electron chi connectivity index (χ4n) is 5.43. The monoisotopic (exact) mass is 618 g/mol. The summed E-state index contributed by atoms with van der Waals surface area (Å²) in [5.41, 5.74) is 5.52. The molecule has 1 fully saturated rings. The van der Waals surface area contributed by atoms with Gasteiger partial charge in [0.2, 0.25) is 5.88 Å². The number of aromatic nitrogens is 1. The van der Waals surface area contributed by atoms with E-state index in [-0.39, 0.29) is 18.1 Å². The number of pyridine rings is 1. The summed E-state index contributed by atoms with van der Waals surface area (Å²) >= 11 is 5.86. The van der Waals surface area contributed by atoms with Crippen molar-refractivity contribution in [1.29, 1.82) is 0 Å². The van der Waals surface area contributed by atoms with Crippen LogP contribution in [0.25, 0.3) is 0 Å². The van der Waals surface area contributed by atoms with E-state index in [4.69, 9.17) is 21.3 Å². The standard InChI is InChI=1S/C35H40ClFN4O3/c1-5-26(21-38-4)13-18-41(33-19-28(35(42)43)10-9-24(33)2)25(3)22-40-16-14-27(15-17-40)32-7-6-8-34(39-32)44-23-29-11-12-30(36)20-31(29)37/h5-12,19-21,27H,3,13-18,22-23H2,1-2,4H3,(H,42,43)/b26-5-,38-21?. The lowest BCUT2D eigenvalue weighted by Crippen LogP contribution is -2.38. The predicted molar refractivity (Wildman–Crippen MR) is 176 cm³/mol. The van der Waals surface area contributed by atoms with Gasteiger partial charge in [0, 0.05) is 66.0 Å². The normalized spacial score (nSPS) is 14.6. The number of aromatic carboxylic acids is 1. The highest BCUT2D eigenvalue weighted by Gasteiger charge is 2.24. The number of carboxylic acid groups (broad SMARTS) is 1. The molecule has 7 nitrogen and oxygen atoms in total. The van der Waals surface area contributed by atoms with Gasteiger partial charge in [-0.25, -0.2) is 14.2 Å². The average Bonchev–Trinajstić information content (AvgIpc) is 3.01. The number of allylic oxidation sites excluding steroid dienone is 1. The van der Waals surface area contributed by atoms with Gasteiger partial charge in [0.1, 0.15) is 12.4 Å². The molecular formula is C35H40ClFN4O3. The number of aliphatic imine (C=N–C) groups is 1. The van der Waals surface area contributed by atoms with Crippen LogP contribution in [0.2, 0.25) is 5.02 Å². The molecule has 44 heavy (non-hydrogen) atoms. The molecule has 0 unspecified atom stereocenters. The number of carboxylic acids is 1. The van der Waals surface area contributed by atoms with Crippen molar-refractivity contribution in [2.24, 2.45) is 4.99 Å². The van der Waals surface area contributed by atoms with Crippen LogP contribution in [0.15, 0.2) is 83.5 Å². The molecular weight excluding hydrogens is 579 g/mol. The van der Waals surface area contributed by atoms with Crippen molar-refractivity contribution in [3.05, 3.63) is 112 Å². The number of aryl methyl sites for hydroxylation is 1. The van der Waals surface area contributed by atoms with Crippen LogP contribution in [0, 0.1) is 12.7 Å². The van der Waals surface area contributed by atoms with E-state index in [0.717, 1.165) is 60.6 Å². The first kappa shape index (κ1) is 32.9. The number of likely N-dealkylation sites (tertiary alicyclic amines) is 1. The largest absolute Gasteiger partial charge is 0.478 e. The Morgan fingerprint density at radius 3 is 2.68 bits per heavy atom. The molecule has 0 aliphatic carbocycles. The van der Waals surface area contributed by atoms with Crippen molar-refractivity contribution in [2.75, 3.05) is 38.1 Å². The van der Waals surface area contributed by atoms with Gasteiger partial charge in [-0.3, -0.25) is 9.89 Å². The fraction of sp³-hybridized carbons (Fsp3) is 0.343. The number of rotatable bonds is 13. The third kappa shape index (κ3) is 8.77. The molecule has 4 rings (SSSR count). The fourth-order valence-corrected chi connectivity index (χ4v) is 5.59. The van der Waals surface area contributed by atoms with Crippen LogP contribution in [0.3, 0.4) is 0 Å². The zero-order chi connectivity index (χ0) is 31.6. The smallest absolute Gasteiger partial charge is 0.335 e. The van der Waals surface area contributed by atoms with E-state index >= 15 is 0 Å². The minimum absolute atomic E-state index is 0.0755. The number of benzene rings is 2. The number of hydrogen-bond acceptors (Lipinski definition) is 6. The number of piperidine rings is 1. The number of carbonyl (C=O) groups is 1. The Morgan fingerprint density at radius 2 is 2.00 bits per heavy atom. The molecule has 9 heteroatoms. The van der Waals surface area contributed by atoms with E-state index in [1.807, 2.05) is 44.3 Å². The van der Waals surface area contributed by atoms with Crippen LogP contribution >= 0.6 is 11.6 Å². The van der Waals surface area contributed by atoms with E-state index in [2.05, 4.69) is 21.4 Å². The van der Waals surface area contributed by atoms with Crippen molar-refractivity contribution in [3.8, 4) is 5.88 Å². The van der Waals surface area contributed by atoms with Gasteiger partial charge >= 0.3 is 5.97 Å². The van der Waals surface area contributed by atoms with Gasteiger partial charge in [0.25, 0.3) is 0 Å². The summed E-state index contributed by atoms with van der Waals surface area (Å²) in [6.07, 6.45) is 6.51. The Hall–Kier alpha value is -4.01. The zero-order valence-corrected chi connectivity index (χ0v) is 26.4. The summed E-state index contributed by atoms with van der Waals surface area (Å²) in [5.74, 6) is -0.600. The maximum absolute atomic E-state index is 14.2. The molecule has 2 heterocycles. The third-order valence-corrected chi connectivity index (χ3v) is 8.20. The quantitative estimate of drug-likeness (QED) is 0.198.